The number of esters is 1. The Hall–Kier alpha value is -3.32. The van der Waals surface area contributed by atoms with E-state index in [0.29, 0.717) is 6.42 Å². The second-order valence-electron chi connectivity index (χ2n) is 21.4. The highest BCUT2D eigenvalue weighted by Crippen LogP contribution is 2.39. The summed E-state index contributed by atoms with van der Waals surface area (Å²) in [6.45, 7) is 2.84. The fourth-order valence-corrected chi connectivity index (χ4v) is 10.4. The average molecular weight is 1130 g/mol. The van der Waals surface area contributed by atoms with E-state index in [0.717, 1.165) is 0 Å². The number of aliphatic hydroxyl groups is 10. The van der Waals surface area contributed by atoms with Crippen LogP contribution in [0.5, 0.6) is 0 Å². The van der Waals surface area contributed by atoms with Crippen molar-refractivity contribution in [3.05, 3.63) is 60.8 Å². The molecule has 28 nitrogen and oxygen atoms in total. The summed E-state index contributed by atoms with van der Waals surface area (Å²) in [4.78, 5) is 24.4. The Labute approximate surface area is 457 Å². The van der Waals surface area contributed by atoms with Crippen LogP contribution in [0.25, 0.3) is 0 Å². The molecule has 1 saturated carbocycles. The van der Waals surface area contributed by atoms with E-state index < -0.39 is 190 Å². The SMILES string of the molecule is C[C@@H]1C/C=C/C=C/C=C/C=C/[C@H](O[C@@H]2O[C@H](C)[C@@H](O)[C@H](N)[C@@H]2O)C[C@@H]2O[C@](O)(C[C@@H](O)C[C@H]3O[C@@H]3/C=C/C(=O)O1)C[C@H](O)[C@H]2C(=O)O.NC[C@H]1O[C@H](O[C@H]2[C@H](O)[C@@H](O[C@H]3O[C@H](CO)[C@@H](O)[C@H](N)[C@H]3O)[C@H](N)C[C@@H]2N)[C@H](N)C[C@@H]1O. The number of rotatable bonds is 9. The molecule has 5 saturated heterocycles. The molecule has 6 heterocycles. The van der Waals surface area contributed by atoms with Crippen LogP contribution in [0, 0.1) is 5.92 Å². The molecule has 6 aliphatic heterocycles. The molecule has 6 fully saturated rings. The first-order valence-electron chi connectivity index (χ1n) is 26.6. The number of carbonyl (C=O) groups excluding carboxylic acids is 1. The van der Waals surface area contributed by atoms with E-state index in [1.165, 1.54) is 12.2 Å². The third-order valence-corrected chi connectivity index (χ3v) is 15.0. The second-order valence-corrected chi connectivity index (χ2v) is 21.4. The number of aliphatic carboxylic acids is 1. The van der Waals surface area contributed by atoms with Gasteiger partial charge in [0.25, 0.3) is 0 Å². The maximum Gasteiger partial charge on any atom is 0.330 e. The first-order chi connectivity index (χ1) is 37.3. The Bertz CT molecular complexity index is 2100. The van der Waals surface area contributed by atoms with Crippen LogP contribution in [0.4, 0.5) is 0 Å². The number of carboxylic acids is 1. The fraction of sp³-hybridized carbons (Fsp3) is 0.765. The molecular formula is C51H84N6O22. The molecular weight excluding hydrogens is 1050 g/mol. The van der Waals surface area contributed by atoms with Crippen molar-refractivity contribution in [1.82, 2.24) is 0 Å². The normalized spacial score (nSPS) is 49.4. The van der Waals surface area contributed by atoms with Crippen LogP contribution in [0.15, 0.2) is 60.8 Å². The third-order valence-electron chi connectivity index (χ3n) is 15.0. The summed E-state index contributed by atoms with van der Waals surface area (Å²) in [5.41, 5.74) is 35.7. The van der Waals surface area contributed by atoms with Gasteiger partial charge in [0.05, 0.1) is 79.7 Å². The number of allylic oxidation sites excluding steroid dienone is 6. The molecule has 28 heteroatoms. The Morgan fingerprint density at radius 2 is 1.27 bits per heavy atom. The molecule has 450 valence electrons. The van der Waals surface area contributed by atoms with E-state index in [-0.39, 0.29) is 44.8 Å². The smallest absolute Gasteiger partial charge is 0.330 e. The highest BCUT2D eigenvalue weighted by Gasteiger charge is 2.53. The number of nitrogens with two attached hydrogens (primary N) is 6. The first kappa shape index (κ1) is 64.8. The number of aliphatic hydroxyl groups excluding tert-OH is 9. The van der Waals surface area contributed by atoms with Crippen molar-refractivity contribution in [3.63, 3.8) is 0 Å². The topological polar surface area (TPSA) is 499 Å². The zero-order chi connectivity index (χ0) is 58.0. The molecule has 2 bridgehead atoms. The third kappa shape index (κ3) is 17.4. The summed E-state index contributed by atoms with van der Waals surface area (Å²) in [7, 11) is 0. The number of ether oxygens (including phenoxy) is 9. The minimum atomic E-state index is -2.10. The Morgan fingerprint density at radius 1 is 0.658 bits per heavy atom. The Morgan fingerprint density at radius 3 is 1.91 bits per heavy atom. The van der Waals surface area contributed by atoms with Crippen LogP contribution >= 0.6 is 0 Å². The maximum absolute atomic E-state index is 12.3. The van der Waals surface area contributed by atoms with Gasteiger partial charge in [-0.1, -0.05) is 48.6 Å². The molecule has 0 aromatic carbocycles. The lowest BCUT2D eigenvalue weighted by Gasteiger charge is -2.47. The maximum atomic E-state index is 12.3. The number of carboxylic acid groups (broad SMARTS) is 1. The van der Waals surface area contributed by atoms with Gasteiger partial charge in [0, 0.05) is 56.8 Å². The van der Waals surface area contributed by atoms with Gasteiger partial charge in [-0.25, -0.2) is 4.79 Å². The van der Waals surface area contributed by atoms with E-state index in [1.807, 2.05) is 6.08 Å². The standard InChI is InChI=1S/C33H47NO13.C18H37N5O9/c1-18-10-8-6-4-3-5-7-9-11-21(45-32-30(39)28(34)29(38)19(2)44-32)15-25-27(31(40)41)22(36)17-33(42,47-25)16-20(35)14-24-23(46-24)12-13-26(37)43-18;19-3-9-8(25)2-7(22)17(29-9)31-15-5(20)1-6(21)16(14(15)28)32-18-13(27)11(23)12(26)10(4-24)30-18/h3-9,11-13,18-25,27-30,32,35-36,38-39,42H,10,14-17,34H2,1-2H3,(H,40,41);5-18,24-28H,1-4,19-23H2/b4-3+,7-5+,8-6+,11-9+,13-12+;/t18-,19-,20+,21+,22+,23-,24-,25+,27-,28+,29-,30+,32+,33-;5-,6+,7+,8-,9+,10+,11-,12+,13+,14-,15+,16-,17+,18+/m10/s1. The molecule has 0 unspecified atom stereocenters. The van der Waals surface area contributed by atoms with Crippen LogP contribution < -0.4 is 34.4 Å². The van der Waals surface area contributed by atoms with Crippen molar-refractivity contribution >= 4 is 11.9 Å². The molecule has 0 radical (unpaired) electrons. The van der Waals surface area contributed by atoms with Crippen molar-refractivity contribution in [2.24, 2.45) is 40.3 Å². The van der Waals surface area contributed by atoms with Gasteiger partial charge in [-0.3, -0.25) is 4.79 Å². The molecule has 0 amide bonds. The molecule has 1 aliphatic carbocycles. The minimum Gasteiger partial charge on any atom is -0.481 e. The molecule has 0 spiro atoms. The molecule has 0 aromatic heterocycles. The summed E-state index contributed by atoms with van der Waals surface area (Å²) in [5, 5.41) is 115. The summed E-state index contributed by atoms with van der Waals surface area (Å²) < 4.78 is 51.2. The molecule has 23 N–H and O–H groups in total. The molecule has 79 heavy (non-hydrogen) atoms. The highest BCUT2D eigenvalue weighted by molar-refractivity contribution is 5.82. The fourth-order valence-electron chi connectivity index (χ4n) is 10.4. The van der Waals surface area contributed by atoms with Crippen LogP contribution in [-0.4, -0.2) is 246 Å². The lowest BCUT2D eigenvalue weighted by atomic mass is 9.83. The van der Waals surface area contributed by atoms with Crippen LogP contribution in [0.3, 0.4) is 0 Å². The summed E-state index contributed by atoms with van der Waals surface area (Å²) in [5.74, 6) is -5.45. The lowest BCUT2D eigenvalue weighted by Crippen LogP contribution is -2.68. The average Bonchev–Trinajstić information content (AvgIpc) is 4.14. The predicted octanol–water partition coefficient (Wildman–Crippen LogP) is -6.18. The van der Waals surface area contributed by atoms with Crippen molar-refractivity contribution in [2.45, 2.75) is 224 Å². The van der Waals surface area contributed by atoms with Crippen molar-refractivity contribution in [2.75, 3.05) is 13.2 Å². The zero-order valence-corrected chi connectivity index (χ0v) is 44.1. The summed E-state index contributed by atoms with van der Waals surface area (Å²) >= 11 is 0. The Balaban J connectivity index is 0.000000274. The summed E-state index contributed by atoms with van der Waals surface area (Å²) in [6, 6.07) is -4.34. The van der Waals surface area contributed by atoms with Gasteiger partial charge in [0.15, 0.2) is 24.7 Å². The van der Waals surface area contributed by atoms with Crippen molar-refractivity contribution in [3.8, 4) is 0 Å². The van der Waals surface area contributed by atoms with E-state index in [9.17, 15) is 65.8 Å². The second kappa shape index (κ2) is 29.3. The zero-order valence-electron chi connectivity index (χ0n) is 44.1. The van der Waals surface area contributed by atoms with E-state index >= 15 is 0 Å². The van der Waals surface area contributed by atoms with Gasteiger partial charge >= 0.3 is 11.9 Å². The first-order valence-corrected chi connectivity index (χ1v) is 26.6. The van der Waals surface area contributed by atoms with Crippen LogP contribution in [0.1, 0.15) is 58.8 Å². The molecule has 7 rings (SSSR count). The highest BCUT2D eigenvalue weighted by atomic mass is 16.7. The number of cyclic esters (lactones) is 1. The molecule has 7 aliphatic rings. The Kier molecular flexibility index (Phi) is 24.0. The minimum absolute atomic E-state index is 0.0542. The summed E-state index contributed by atoms with van der Waals surface area (Å²) in [6.07, 6.45) is -5.51. The van der Waals surface area contributed by atoms with E-state index in [4.69, 9.17) is 77.0 Å². The van der Waals surface area contributed by atoms with Gasteiger partial charge in [-0.2, -0.15) is 0 Å². The largest absolute Gasteiger partial charge is 0.481 e. The number of fused-ring (bicyclic) bond motifs is 3. The lowest BCUT2D eigenvalue weighted by molar-refractivity contribution is -0.314. The quantitative estimate of drug-likeness (QED) is 0.0754. The number of carbonyl (C=O) groups is 2. The monoisotopic (exact) mass is 1130 g/mol. The van der Waals surface area contributed by atoms with Crippen LogP contribution in [-0.2, 0) is 52.2 Å². The van der Waals surface area contributed by atoms with Gasteiger partial charge in [-0.15, -0.1) is 0 Å². The molecule has 0 aromatic rings. The van der Waals surface area contributed by atoms with Crippen molar-refractivity contribution < 1.29 is 108 Å². The van der Waals surface area contributed by atoms with E-state index in [1.54, 1.807) is 56.4 Å². The van der Waals surface area contributed by atoms with Gasteiger partial charge < -0.3 is 133 Å². The van der Waals surface area contributed by atoms with Crippen molar-refractivity contribution in [1.29, 1.82) is 0 Å². The number of epoxide rings is 1. The number of hydrogen-bond acceptors (Lipinski definition) is 27. The van der Waals surface area contributed by atoms with Gasteiger partial charge in [0.1, 0.15) is 60.9 Å². The van der Waals surface area contributed by atoms with Gasteiger partial charge in [-0.05, 0) is 32.8 Å². The molecule has 28 atom stereocenters. The van der Waals surface area contributed by atoms with E-state index in [2.05, 4.69) is 0 Å². The number of hydrogen-bond donors (Lipinski definition) is 17. The van der Waals surface area contributed by atoms with Crippen LogP contribution in [0.2, 0.25) is 0 Å². The predicted molar refractivity (Wildman–Crippen MR) is 274 cm³/mol. The van der Waals surface area contributed by atoms with Gasteiger partial charge in [0.2, 0.25) is 0 Å².